The summed E-state index contributed by atoms with van der Waals surface area (Å²) in [5.41, 5.74) is 0. The maximum atomic E-state index is 11.5. The summed E-state index contributed by atoms with van der Waals surface area (Å²) < 4.78 is 4.27. The van der Waals surface area contributed by atoms with Gasteiger partial charge < -0.3 is 14.9 Å². The second-order valence-corrected chi connectivity index (χ2v) is 6.67. The number of carbonyl (C=O) groups is 1. The molecule has 5 atom stereocenters. The van der Waals surface area contributed by atoms with Crippen LogP contribution in [0.1, 0.15) is 13.3 Å². The van der Waals surface area contributed by atoms with Gasteiger partial charge in [0, 0.05) is 12.5 Å². The predicted octanol–water partition coefficient (Wildman–Crippen LogP) is 1.77. The van der Waals surface area contributed by atoms with Crippen LogP contribution in [0.25, 0.3) is 0 Å². The lowest BCUT2D eigenvalue weighted by molar-refractivity contribution is -0.162. The average molecular weight is 320 g/mol. The van der Waals surface area contributed by atoms with Crippen LogP contribution in [0, 0.1) is 23.7 Å². The van der Waals surface area contributed by atoms with E-state index in [1.807, 2.05) is 6.92 Å². The summed E-state index contributed by atoms with van der Waals surface area (Å²) in [4.78, 5) is 11.5. The first kappa shape index (κ1) is 16.3. The molecule has 0 aromatic carbocycles. The quantitative estimate of drug-likeness (QED) is 0.571. The van der Waals surface area contributed by atoms with Crippen molar-refractivity contribution in [1.29, 1.82) is 0 Å². The Labute approximate surface area is 121 Å². The molecule has 2 aliphatic rings. The van der Waals surface area contributed by atoms with Gasteiger partial charge in [-0.2, -0.15) is 0 Å². The molecule has 0 bridgehead atoms. The summed E-state index contributed by atoms with van der Waals surface area (Å²) >= 11 is 14.4. The summed E-state index contributed by atoms with van der Waals surface area (Å²) in [6.45, 7) is 2.34. The van der Waals surface area contributed by atoms with Gasteiger partial charge in [0.1, 0.15) is 0 Å². The standard InChI is InChI=1S/C10H16O4.CHCl3/c1-5-4-14-10(13)9-6(5)2-8(12)7(9)3-11;2-1(3)4/h5-9,11-12H,2-4H2,1H3;1H/t5-,6+,7-,8-,9-;/m0./s1. The minimum atomic E-state index is -0.750. The van der Waals surface area contributed by atoms with Crippen molar-refractivity contribution in [3.8, 4) is 0 Å². The number of aliphatic hydroxyl groups excluding tert-OH is 2. The lowest BCUT2D eigenvalue weighted by Crippen LogP contribution is -2.39. The van der Waals surface area contributed by atoms with E-state index < -0.39 is 10.4 Å². The minimum absolute atomic E-state index is 0.135. The number of halogens is 3. The van der Waals surface area contributed by atoms with Crippen LogP contribution in [0.4, 0.5) is 0 Å². The number of rotatable bonds is 1. The summed E-state index contributed by atoms with van der Waals surface area (Å²) in [5.74, 6) is -0.384. The van der Waals surface area contributed by atoms with Crippen molar-refractivity contribution in [3.63, 3.8) is 0 Å². The maximum absolute atomic E-state index is 11.5. The van der Waals surface area contributed by atoms with Crippen LogP contribution in [0.5, 0.6) is 0 Å². The Morgan fingerprint density at radius 1 is 1.44 bits per heavy atom. The number of alkyl halides is 3. The van der Waals surface area contributed by atoms with E-state index in [1.54, 1.807) is 0 Å². The monoisotopic (exact) mass is 318 g/mol. The van der Waals surface area contributed by atoms with E-state index in [1.165, 1.54) is 0 Å². The zero-order valence-electron chi connectivity index (χ0n) is 9.93. The van der Waals surface area contributed by atoms with Gasteiger partial charge in [-0.15, -0.1) is 0 Å². The molecule has 0 amide bonds. The van der Waals surface area contributed by atoms with Crippen LogP contribution in [-0.4, -0.2) is 39.8 Å². The molecule has 1 aliphatic heterocycles. The normalized spacial score (nSPS) is 38.8. The molecule has 0 unspecified atom stereocenters. The van der Waals surface area contributed by atoms with Crippen LogP contribution in [-0.2, 0) is 9.53 Å². The highest BCUT2D eigenvalue weighted by Crippen LogP contribution is 2.44. The van der Waals surface area contributed by atoms with Gasteiger partial charge in [0.05, 0.1) is 18.6 Å². The van der Waals surface area contributed by atoms with Crippen LogP contribution in [0.2, 0.25) is 0 Å². The largest absolute Gasteiger partial charge is 0.465 e. The molecule has 7 heteroatoms. The smallest absolute Gasteiger partial charge is 0.309 e. The van der Waals surface area contributed by atoms with Crippen molar-refractivity contribution in [2.24, 2.45) is 23.7 Å². The molecule has 1 aliphatic carbocycles. The lowest BCUT2D eigenvalue weighted by atomic mass is 9.80. The molecule has 2 fully saturated rings. The number of aliphatic hydroxyl groups is 2. The highest BCUT2D eigenvalue weighted by molar-refractivity contribution is 6.63. The lowest BCUT2D eigenvalue weighted by Gasteiger charge is -2.31. The third kappa shape index (κ3) is 3.87. The Kier molecular flexibility index (Phi) is 6.48. The van der Waals surface area contributed by atoms with E-state index in [-0.39, 0.29) is 30.3 Å². The maximum Gasteiger partial charge on any atom is 0.309 e. The van der Waals surface area contributed by atoms with Gasteiger partial charge in [-0.1, -0.05) is 41.7 Å². The highest BCUT2D eigenvalue weighted by atomic mass is 35.6. The first-order valence-corrected chi connectivity index (χ1v) is 7.07. The van der Waals surface area contributed by atoms with E-state index in [0.29, 0.717) is 18.9 Å². The molecule has 1 heterocycles. The molecule has 18 heavy (non-hydrogen) atoms. The minimum Gasteiger partial charge on any atom is -0.465 e. The molecular weight excluding hydrogens is 302 g/mol. The third-order valence-corrected chi connectivity index (χ3v) is 3.63. The highest BCUT2D eigenvalue weighted by Gasteiger charge is 2.51. The van der Waals surface area contributed by atoms with E-state index in [0.717, 1.165) is 0 Å². The Balaban J connectivity index is 0.000000357. The van der Waals surface area contributed by atoms with Crippen LogP contribution < -0.4 is 0 Å². The number of esters is 1. The number of hydrogen-bond donors (Lipinski definition) is 2. The van der Waals surface area contributed by atoms with Gasteiger partial charge in [0.25, 0.3) is 0 Å². The van der Waals surface area contributed by atoms with Crippen molar-refractivity contribution >= 4 is 40.8 Å². The van der Waals surface area contributed by atoms with E-state index in [2.05, 4.69) is 0 Å². The number of ether oxygens (including phenoxy) is 1. The second kappa shape index (κ2) is 7.15. The summed E-state index contributed by atoms with van der Waals surface area (Å²) in [7, 11) is 0. The summed E-state index contributed by atoms with van der Waals surface area (Å²) in [6, 6.07) is 0. The van der Waals surface area contributed by atoms with Crippen molar-refractivity contribution in [3.05, 3.63) is 0 Å². The van der Waals surface area contributed by atoms with Crippen LogP contribution in [0.3, 0.4) is 0 Å². The molecule has 4 nitrogen and oxygen atoms in total. The Morgan fingerprint density at radius 3 is 2.50 bits per heavy atom. The third-order valence-electron chi connectivity index (χ3n) is 3.63. The van der Waals surface area contributed by atoms with Crippen LogP contribution >= 0.6 is 34.8 Å². The number of hydrogen-bond acceptors (Lipinski definition) is 4. The SMILES string of the molecule is C[C@H]1COC(=O)[C@@H]2[C@@H](CO)[C@@H](O)C[C@@H]21.ClC(Cl)Cl. The Bertz CT molecular complexity index is 285. The molecule has 106 valence electrons. The molecule has 2 rings (SSSR count). The number of carbonyl (C=O) groups excluding carboxylic acids is 1. The van der Waals surface area contributed by atoms with Gasteiger partial charge in [-0.05, 0) is 18.3 Å². The second-order valence-electron chi connectivity index (χ2n) is 4.69. The van der Waals surface area contributed by atoms with E-state index in [9.17, 15) is 9.90 Å². The molecule has 1 saturated carbocycles. The van der Waals surface area contributed by atoms with Crippen molar-refractivity contribution in [2.75, 3.05) is 13.2 Å². The fraction of sp³-hybridized carbons (Fsp3) is 0.909. The number of cyclic esters (lactones) is 1. The average Bonchev–Trinajstić information content (AvgIpc) is 2.61. The molecule has 2 N–H and O–H groups in total. The van der Waals surface area contributed by atoms with Crippen LogP contribution in [0.15, 0.2) is 0 Å². The van der Waals surface area contributed by atoms with Gasteiger partial charge in [-0.25, -0.2) is 0 Å². The molecule has 0 aromatic heterocycles. The van der Waals surface area contributed by atoms with Crippen molar-refractivity contribution in [1.82, 2.24) is 0 Å². The Hall–Kier alpha value is 0.260. The van der Waals surface area contributed by atoms with Gasteiger partial charge >= 0.3 is 5.97 Å². The fourth-order valence-electron chi connectivity index (χ4n) is 2.76. The zero-order chi connectivity index (χ0) is 13.9. The van der Waals surface area contributed by atoms with Gasteiger partial charge in [0.15, 0.2) is 4.30 Å². The first-order valence-electron chi connectivity index (χ1n) is 5.76. The van der Waals surface area contributed by atoms with Crippen molar-refractivity contribution < 1.29 is 19.7 Å². The molecule has 0 spiro atoms. The van der Waals surface area contributed by atoms with E-state index in [4.69, 9.17) is 44.6 Å². The fourth-order valence-corrected chi connectivity index (χ4v) is 2.76. The van der Waals surface area contributed by atoms with Gasteiger partial charge in [0.2, 0.25) is 0 Å². The Morgan fingerprint density at radius 2 is 2.00 bits per heavy atom. The number of fused-ring (bicyclic) bond motifs is 1. The summed E-state index contributed by atoms with van der Waals surface area (Å²) in [5, 5.41) is 18.8. The van der Waals surface area contributed by atoms with E-state index >= 15 is 0 Å². The molecular formula is C11H17Cl3O4. The topological polar surface area (TPSA) is 66.8 Å². The molecule has 0 aromatic rings. The summed E-state index contributed by atoms with van der Waals surface area (Å²) in [6.07, 6.45) is 0.0645. The molecule has 1 saturated heterocycles. The van der Waals surface area contributed by atoms with Crippen molar-refractivity contribution in [2.45, 2.75) is 23.7 Å². The van der Waals surface area contributed by atoms with Gasteiger partial charge in [-0.3, -0.25) is 4.79 Å². The molecule has 0 radical (unpaired) electrons. The first-order chi connectivity index (χ1) is 8.38. The zero-order valence-corrected chi connectivity index (χ0v) is 12.2. The predicted molar refractivity (Wildman–Crippen MR) is 69.6 cm³/mol.